The fraction of sp³-hybridized carbons (Fsp3) is 0.667. The molecule has 0 aliphatic heterocycles. The number of hydrogen-bond acceptors (Lipinski definition) is 6. The Hall–Kier alpha value is 5.82. The largest absolute Gasteiger partial charge is 1.00 e. The molecule has 0 aliphatic rings. The number of thiocarbonyl (C=S) groups is 2. The van der Waals surface area contributed by atoms with E-state index in [1.54, 1.807) is 0 Å². The summed E-state index contributed by atoms with van der Waals surface area (Å²) in [4.78, 5) is 0. The van der Waals surface area contributed by atoms with Crippen molar-refractivity contribution < 1.29 is 137 Å². The smallest absolute Gasteiger partial charge is 1.00 e. The van der Waals surface area contributed by atoms with Crippen molar-refractivity contribution in [3.05, 3.63) is 7.43 Å². The zero-order valence-corrected chi connectivity index (χ0v) is 26.7. The summed E-state index contributed by atoms with van der Waals surface area (Å²) in [5, 5.41) is 0. The van der Waals surface area contributed by atoms with Crippen molar-refractivity contribution in [2.45, 2.75) is 28.7 Å². The van der Waals surface area contributed by atoms with Crippen LogP contribution in [0.1, 0.15) is 28.7 Å². The molecule has 0 nitrogen and oxygen atoms in total. The Labute approximate surface area is 259 Å². The molecule has 0 fully saturated rings. The molecule has 0 unspecified atom stereocenters. The van der Waals surface area contributed by atoms with Gasteiger partial charge in [-0.25, -0.2) is 0 Å². The van der Waals surface area contributed by atoms with Crippen LogP contribution in [0.3, 0.4) is 0 Å². The Bertz CT molecular complexity index is 142. The second-order valence-corrected chi connectivity index (χ2v) is 7.10. The van der Waals surface area contributed by atoms with Gasteiger partial charge in [0.1, 0.15) is 0 Å². The average Bonchev–Trinajstić information content (AvgIpc) is 1.87. The van der Waals surface area contributed by atoms with E-state index in [0.717, 1.165) is 11.5 Å². The van der Waals surface area contributed by atoms with E-state index < -0.39 is 0 Å². The number of halogens is 1. The Morgan fingerprint density at radius 1 is 0.850 bits per heavy atom. The SMILES string of the molecule is C.C.CCSC(=S)[S-].CCSC(=S)[S-].[CH3-].[Cl-].[Na+].[Na+].[Y].[Y]. The van der Waals surface area contributed by atoms with E-state index in [-0.39, 0.29) is 159 Å². The van der Waals surface area contributed by atoms with E-state index in [0.29, 0.717) is 7.06 Å². The van der Waals surface area contributed by atoms with Gasteiger partial charge in [-0.05, 0) is 11.5 Å². The molecule has 0 aromatic heterocycles. The summed E-state index contributed by atoms with van der Waals surface area (Å²) in [5.41, 5.74) is 0. The first-order chi connectivity index (χ1) is 5.54. The van der Waals surface area contributed by atoms with E-state index in [9.17, 15) is 0 Å². The molecule has 0 atom stereocenters. The second kappa shape index (κ2) is 56.3. The molecule has 0 spiro atoms. The molecule has 0 aliphatic carbocycles. The van der Waals surface area contributed by atoms with E-state index in [2.05, 4.69) is 49.7 Å². The summed E-state index contributed by atoms with van der Waals surface area (Å²) in [6.07, 6.45) is 0. The van der Waals surface area contributed by atoms with E-state index in [1.165, 1.54) is 23.5 Å². The van der Waals surface area contributed by atoms with E-state index >= 15 is 0 Å². The quantitative estimate of drug-likeness (QED) is 0.140. The molecule has 0 saturated carbocycles. The summed E-state index contributed by atoms with van der Waals surface area (Å²) in [6, 6.07) is 0. The predicted molar refractivity (Wildman–Crippen MR) is 96.1 cm³/mol. The normalized spacial score (nSPS) is 4.90. The molecule has 2 radical (unpaired) electrons. The molecule has 110 valence electrons. The molecule has 0 N–H and O–H groups in total. The Balaban J connectivity index is -0.00000000893. The van der Waals surface area contributed by atoms with Crippen molar-refractivity contribution in [1.29, 1.82) is 0 Å². The van der Waals surface area contributed by atoms with Gasteiger partial charge in [0.25, 0.3) is 0 Å². The minimum atomic E-state index is 0. The van der Waals surface area contributed by atoms with Gasteiger partial charge in [-0.3, -0.25) is 0 Å². The average molecular weight is 581 g/mol. The minimum absolute atomic E-state index is 0. The van der Waals surface area contributed by atoms with Crippen molar-refractivity contribution in [3.8, 4) is 0 Å². The van der Waals surface area contributed by atoms with Crippen molar-refractivity contribution >= 4 is 80.3 Å². The van der Waals surface area contributed by atoms with Crippen LogP contribution in [0, 0.1) is 7.43 Å². The van der Waals surface area contributed by atoms with Gasteiger partial charge in [-0.1, -0.05) is 35.8 Å². The van der Waals surface area contributed by atoms with Crippen molar-refractivity contribution in [1.82, 2.24) is 0 Å². The monoisotopic (exact) mass is 580 g/mol. The fourth-order valence-electron chi connectivity index (χ4n) is 0.236. The van der Waals surface area contributed by atoms with Gasteiger partial charge in [0.2, 0.25) is 0 Å². The minimum Gasteiger partial charge on any atom is -1.00 e. The third-order valence-electron chi connectivity index (χ3n) is 0.524. The van der Waals surface area contributed by atoms with Crippen LogP contribution in [0.2, 0.25) is 0 Å². The zero-order valence-electron chi connectivity index (χ0n) is 11.4. The predicted octanol–water partition coefficient (Wildman–Crippen LogP) is -4.13. The number of rotatable bonds is 2. The van der Waals surface area contributed by atoms with Crippen LogP contribution in [0.15, 0.2) is 0 Å². The molecular weight excluding hydrogens is 560 g/mol. The summed E-state index contributed by atoms with van der Waals surface area (Å²) >= 11 is 21.4. The first kappa shape index (κ1) is 63.6. The van der Waals surface area contributed by atoms with Crippen molar-refractivity contribution in [2.75, 3.05) is 11.5 Å². The molecule has 20 heavy (non-hydrogen) atoms. The maximum atomic E-state index is 4.57. The van der Waals surface area contributed by atoms with Gasteiger partial charge >= 0.3 is 59.1 Å². The fourth-order valence-corrected chi connectivity index (χ4v) is 2.12. The molecule has 0 saturated heterocycles. The summed E-state index contributed by atoms with van der Waals surface area (Å²) in [7, 11) is 0. The van der Waals surface area contributed by atoms with Gasteiger partial charge in [-0.15, -0.1) is 23.5 Å². The van der Waals surface area contributed by atoms with Crippen LogP contribution in [0.5, 0.6) is 0 Å². The van der Waals surface area contributed by atoms with Crippen molar-refractivity contribution in [3.63, 3.8) is 0 Å². The van der Waals surface area contributed by atoms with Crippen LogP contribution < -0.4 is 71.5 Å². The molecule has 11 heteroatoms. The van der Waals surface area contributed by atoms with E-state index in [4.69, 9.17) is 0 Å². The molecule has 0 amide bonds. The third kappa shape index (κ3) is 88.8. The molecule has 0 heterocycles. The topological polar surface area (TPSA) is 0 Å². The van der Waals surface area contributed by atoms with Gasteiger partial charge < -0.3 is 69.5 Å². The number of hydrogen-bond donors (Lipinski definition) is 0. The molecule has 0 aromatic carbocycles. The number of thioether (sulfide) groups is 2. The molecule has 0 aromatic rings. The summed E-state index contributed by atoms with van der Waals surface area (Å²) in [5.74, 6) is 2.00. The first-order valence-corrected chi connectivity index (χ1v) is 6.82. The van der Waals surface area contributed by atoms with E-state index in [1.807, 2.05) is 13.8 Å². The van der Waals surface area contributed by atoms with Gasteiger partial charge in [-0.2, -0.15) is 0 Å². The maximum absolute atomic E-state index is 4.57. The molecular formula is C9H21ClNa2S6Y2-2. The van der Waals surface area contributed by atoms with Gasteiger partial charge in [0.05, 0.1) is 0 Å². The summed E-state index contributed by atoms with van der Waals surface area (Å²) < 4.78 is 1.25. The molecule has 0 rings (SSSR count). The maximum Gasteiger partial charge on any atom is 1.00 e. The van der Waals surface area contributed by atoms with Crippen LogP contribution in [-0.2, 0) is 90.7 Å². The molecule has 0 bridgehead atoms. The van der Waals surface area contributed by atoms with Crippen LogP contribution in [-0.4, -0.2) is 18.6 Å². The van der Waals surface area contributed by atoms with Gasteiger partial charge in [0.15, 0.2) is 0 Å². The summed E-state index contributed by atoms with van der Waals surface area (Å²) in [6.45, 7) is 4.06. The van der Waals surface area contributed by atoms with Crippen molar-refractivity contribution in [2.24, 2.45) is 0 Å². The standard InChI is InChI=1S/2C3H6S3.2CH4.CH3.ClH.2Na.2Y/c2*1-2-6-3(4)5;;;;;;;;/h2*2H2,1H3,(H,4,5);2*1H4;1H3;1H;;;;/q;;;;-1;;2*+1;;/p-3. The second-order valence-electron chi connectivity index (χ2n) is 1.37. The van der Waals surface area contributed by atoms with Crippen LogP contribution in [0.4, 0.5) is 0 Å². The van der Waals surface area contributed by atoms with Crippen LogP contribution >= 0.6 is 48.0 Å². The van der Waals surface area contributed by atoms with Gasteiger partial charge in [0, 0.05) is 65.4 Å². The third-order valence-corrected chi connectivity index (χ3v) is 2.99. The Morgan fingerprint density at radius 2 is 1.00 bits per heavy atom. The Morgan fingerprint density at radius 3 is 1.00 bits per heavy atom. The zero-order chi connectivity index (χ0) is 9.98. The Kier molecular flexibility index (Phi) is 179. The first-order valence-electron chi connectivity index (χ1n) is 3.22. The van der Waals surface area contributed by atoms with Crippen LogP contribution in [0.25, 0.3) is 0 Å².